The van der Waals surface area contributed by atoms with Crippen LogP contribution in [0.3, 0.4) is 0 Å². The van der Waals surface area contributed by atoms with E-state index in [1.807, 2.05) is 45.0 Å². The number of amides is 1. The van der Waals surface area contributed by atoms with Crippen LogP contribution in [0, 0.1) is 0 Å². The molecular weight excluding hydrogens is 344 g/mol. The lowest BCUT2D eigenvalue weighted by Gasteiger charge is -2.32. The zero-order chi connectivity index (χ0) is 17.3. The van der Waals surface area contributed by atoms with Crippen molar-refractivity contribution in [3.05, 3.63) is 24.3 Å². The molecule has 1 aliphatic rings. The Kier molecular flexibility index (Phi) is 4.92. The first-order valence-corrected chi connectivity index (χ1v) is 10.1. The van der Waals surface area contributed by atoms with Gasteiger partial charge in [-0.15, -0.1) is 11.3 Å². The Morgan fingerprint density at radius 2 is 1.96 bits per heavy atom. The highest BCUT2D eigenvalue weighted by Gasteiger charge is 2.30. The fourth-order valence-corrected chi connectivity index (χ4v) is 5.47. The number of fused-ring (bicyclic) bond motifs is 1. The first-order chi connectivity index (χ1) is 11.3. The molecule has 0 aliphatic carbocycles. The minimum absolute atomic E-state index is 0.0456. The van der Waals surface area contributed by atoms with Crippen LogP contribution < -0.4 is 0 Å². The van der Waals surface area contributed by atoms with Gasteiger partial charge in [-0.1, -0.05) is 12.1 Å². The Bertz CT molecular complexity index is 726. The van der Waals surface area contributed by atoms with Gasteiger partial charge in [0, 0.05) is 18.3 Å². The van der Waals surface area contributed by atoms with Crippen molar-refractivity contribution < 1.29 is 13.7 Å². The van der Waals surface area contributed by atoms with Crippen molar-refractivity contribution in [3.8, 4) is 0 Å². The molecule has 0 N–H and O–H groups in total. The van der Waals surface area contributed by atoms with Gasteiger partial charge in [0.2, 0.25) is 0 Å². The number of carbonyl (C=O) groups excluding carboxylic acids is 1. The van der Waals surface area contributed by atoms with Gasteiger partial charge in [0.05, 0.1) is 21.0 Å². The first-order valence-electron chi connectivity index (χ1n) is 8.07. The van der Waals surface area contributed by atoms with E-state index in [4.69, 9.17) is 4.74 Å². The van der Waals surface area contributed by atoms with Crippen molar-refractivity contribution >= 4 is 38.4 Å². The molecule has 1 unspecified atom stereocenters. The van der Waals surface area contributed by atoms with Gasteiger partial charge in [0.25, 0.3) is 0 Å². The molecule has 130 valence electrons. The Labute approximate surface area is 148 Å². The third-order valence-electron chi connectivity index (χ3n) is 3.84. The van der Waals surface area contributed by atoms with Crippen LogP contribution in [0.25, 0.3) is 10.2 Å². The van der Waals surface area contributed by atoms with Gasteiger partial charge in [0.15, 0.2) is 4.34 Å². The summed E-state index contributed by atoms with van der Waals surface area (Å²) in [6, 6.07) is 7.84. The van der Waals surface area contributed by atoms with Crippen molar-refractivity contribution in [2.24, 2.45) is 0 Å². The molecule has 1 aromatic carbocycles. The quantitative estimate of drug-likeness (QED) is 0.811. The van der Waals surface area contributed by atoms with E-state index in [1.165, 1.54) is 11.3 Å². The molecule has 1 saturated heterocycles. The Balaban J connectivity index is 1.62. The van der Waals surface area contributed by atoms with Crippen molar-refractivity contribution in [3.63, 3.8) is 0 Å². The second-order valence-electron chi connectivity index (χ2n) is 6.91. The standard InChI is InChI=1S/C17H22N2O3S2/c1-17(2,3)22-16(20)19-10-8-12(9-11-19)24(21)15-18-13-6-4-5-7-14(13)23-15/h4-7,12H,8-11H2,1-3H3. The van der Waals surface area contributed by atoms with E-state index in [2.05, 4.69) is 4.98 Å². The highest BCUT2D eigenvalue weighted by Crippen LogP contribution is 2.28. The van der Waals surface area contributed by atoms with Crippen LogP contribution in [0.4, 0.5) is 4.79 Å². The molecule has 0 spiro atoms. The maximum Gasteiger partial charge on any atom is 0.410 e. The van der Waals surface area contributed by atoms with E-state index in [0.29, 0.717) is 30.3 Å². The summed E-state index contributed by atoms with van der Waals surface area (Å²) in [7, 11) is -1.12. The molecule has 0 bridgehead atoms. The summed E-state index contributed by atoms with van der Waals surface area (Å²) in [4.78, 5) is 18.3. The van der Waals surface area contributed by atoms with Crippen LogP contribution in [0.5, 0.6) is 0 Å². The average molecular weight is 367 g/mol. The molecule has 1 amide bonds. The summed E-state index contributed by atoms with van der Waals surface area (Å²) in [5, 5.41) is 0.0456. The number of rotatable bonds is 2. The number of ether oxygens (including phenoxy) is 1. The summed E-state index contributed by atoms with van der Waals surface area (Å²) in [6.07, 6.45) is 1.13. The van der Waals surface area contributed by atoms with Gasteiger partial charge in [-0.05, 0) is 45.7 Å². The minimum Gasteiger partial charge on any atom is -0.444 e. The van der Waals surface area contributed by atoms with Crippen LogP contribution in [-0.4, -0.2) is 44.1 Å². The molecule has 7 heteroatoms. The van der Waals surface area contributed by atoms with E-state index in [1.54, 1.807) is 4.90 Å². The van der Waals surface area contributed by atoms with Crippen molar-refractivity contribution in [1.29, 1.82) is 0 Å². The fraction of sp³-hybridized carbons (Fsp3) is 0.529. The number of hydrogen-bond donors (Lipinski definition) is 0. The van der Waals surface area contributed by atoms with Crippen LogP contribution >= 0.6 is 11.3 Å². The van der Waals surface area contributed by atoms with Crippen LogP contribution in [0.2, 0.25) is 0 Å². The third-order valence-corrected chi connectivity index (χ3v) is 6.93. The second-order valence-corrected chi connectivity index (χ2v) is 9.85. The molecule has 1 atom stereocenters. The number of nitrogens with zero attached hydrogens (tertiary/aromatic N) is 2. The zero-order valence-electron chi connectivity index (χ0n) is 14.2. The second kappa shape index (κ2) is 6.80. The molecule has 1 aliphatic heterocycles. The number of thiazole rings is 1. The van der Waals surface area contributed by atoms with E-state index in [-0.39, 0.29) is 11.3 Å². The number of piperidine rings is 1. The number of hydrogen-bond acceptors (Lipinski definition) is 5. The molecular formula is C17H22N2O3S2. The van der Waals surface area contributed by atoms with Gasteiger partial charge in [-0.3, -0.25) is 4.21 Å². The molecule has 0 radical (unpaired) electrons. The van der Waals surface area contributed by atoms with Crippen molar-refractivity contribution in [2.75, 3.05) is 13.1 Å². The van der Waals surface area contributed by atoms with Crippen molar-refractivity contribution in [1.82, 2.24) is 9.88 Å². The summed E-state index contributed by atoms with van der Waals surface area (Å²) in [6.45, 7) is 6.74. The number of benzene rings is 1. The maximum atomic E-state index is 12.8. The maximum absolute atomic E-state index is 12.8. The number of para-hydroxylation sites is 1. The first kappa shape index (κ1) is 17.4. The number of aromatic nitrogens is 1. The summed E-state index contributed by atoms with van der Waals surface area (Å²) in [5.41, 5.74) is 0.412. The summed E-state index contributed by atoms with van der Waals surface area (Å²) >= 11 is 1.50. The van der Waals surface area contributed by atoms with Gasteiger partial charge >= 0.3 is 6.09 Å². The predicted molar refractivity (Wildman–Crippen MR) is 96.9 cm³/mol. The molecule has 2 aromatic rings. The van der Waals surface area contributed by atoms with Crippen LogP contribution in [-0.2, 0) is 15.5 Å². The summed E-state index contributed by atoms with van der Waals surface area (Å²) in [5.74, 6) is 0. The van der Waals surface area contributed by atoms with Gasteiger partial charge in [0.1, 0.15) is 5.60 Å². The molecule has 3 rings (SSSR count). The predicted octanol–water partition coefficient (Wildman–Crippen LogP) is 3.80. The molecule has 1 aromatic heterocycles. The largest absolute Gasteiger partial charge is 0.444 e. The lowest BCUT2D eigenvalue weighted by atomic mass is 10.1. The van der Waals surface area contributed by atoms with E-state index in [0.717, 1.165) is 10.2 Å². The van der Waals surface area contributed by atoms with E-state index >= 15 is 0 Å². The SMILES string of the molecule is CC(C)(C)OC(=O)N1CCC(S(=O)c2nc3ccccc3s2)CC1. The Hall–Kier alpha value is -1.47. The molecule has 1 fully saturated rings. The molecule has 5 nitrogen and oxygen atoms in total. The normalized spacial score (nSPS) is 17.9. The molecule has 0 saturated carbocycles. The van der Waals surface area contributed by atoms with Gasteiger partial charge in [-0.2, -0.15) is 0 Å². The molecule has 24 heavy (non-hydrogen) atoms. The Morgan fingerprint density at radius 3 is 2.58 bits per heavy atom. The van der Waals surface area contributed by atoms with Crippen LogP contribution in [0.15, 0.2) is 28.6 Å². The minimum atomic E-state index is -1.12. The fourth-order valence-electron chi connectivity index (χ4n) is 2.66. The lowest BCUT2D eigenvalue weighted by Crippen LogP contribution is -2.43. The van der Waals surface area contributed by atoms with E-state index in [9.17, 15) is 9.00 Å². The monoisotopic (exact) mass is 366 g/mol. The highest BCUT2D eigenvalue weighted by atomic mass is 32.2. The smallest absolute Gasteiger partial charge is 0.410 e. The third kappa shape index (κ3) is 3.95. The Morgan fingerprint density at radius 1 is 1.29 bits per heavy atom. The number of likely N-dealkylation sites (tertiary alicyclic amines) is 1. The van der Waals surface area contributed by atoms with E-state index < -0.39 is 16.4 Å². The lowest BCUT2D eigenvalue weighted by molar-refractivity contribution is 0.0218. The molecule has 2 heterocycles. The average Bonchev–Trinajstić information content (AvgIpc) is 2.96. The van der Waals surface area contributed by atoms with Gasteiger partial charge in [-0.25, -0.2) is 9.78 Å². The zero-order valence-corrected chi connectivity index (χ0v) is 15.8. The van der Waals surface area contributed by atoms with Crippen molar-refractivity contribution in [2.45, 2.75) is 48.8 Å². The summed E-state index contributed by atoms with van der Waals surface area (Å²) < 4.78 is 19.9. The number of carbonyl (C=O) groups is 1. The topological polar surface area (TPSA) is 59.5 Å². The van der Waals surface area contributed by atoms with Gasteiger partial charge < -0.3 is 9.64 Å². The van der Waals surface area contributed by atoms with Crippen LogP contribution in [0.1, 0.15) is 33.6 Å². The highest BCUT2D eigenvalue weighted by molar-refractivity contribution is 7.88.